The third kappa shape index (κ3) is 5.20. The molecule has 1 N–H and O–H groups in total. The summed E-state index contributed by atoms with van der Waals surface area (Å²) < 4.78 is 10.8. The molecule has 0 bridgehead atoms. The van der Waals surface area contributed by atoms with Crippen LogP contribution in [-0.4, -0.2) is 22.8 Å². The molecule has 1 aromatic carbocycles. The van der Waals surface area contributed by atoms with Gasteiger partial charge < -0.3 is 19.1 Å². The van der Waals surface area contributed by atoms with Crippen LogP contribution in [0.15, 0.2) is 69.9 Å². The van der Waals surface area contributed by atoms with Gasteiger partial charge in [0.25, 0.3) is 5.91 Å². The first kappa shape index (κ1) is 21.2. The smallest absolute Gasteiger partial charge is 0.290 e. The van der Waals surface area contributed by atoms with Crippen molar-refractivity contribution in [1.29, 1.82) is 0 Å². The number of nitrogens with one attached hydrogen (secondary N) is 1. The van der Waals surface area contributed by atoms with E-state index < -0.39 is 6.04 Å². The van der Waals surface area contributed by atoms with E-state index in [1.165, 1.54) is 17.6 Å². The van der Waals surface area contributed by atoms with Crippen LogP contribution in [0.25, 0.3) is 0 Å². The molecule has 2 amide bonds. The molecular weight excluding hydrogens is 416 g/mol. The van der Waals surface area contributed by atoms with Gasteiger partial charge in [-0.15, -0.1) is 0 Å². The summed E-state index contributed by atoms with van der Waals surface area (Å²) in [6.45, 7) is 0.123. The normalized spacial score (nSPS) is 15.4. The number of carbonyl (C=O) groups is 2. The molecule has 1 atom stereocenters. The van der Waals surface area contributed by atoms with Crippen molar-refractivity contribution >= 4 is 23.4 Å². The van der Waals surface area contributed by atoms with Crippen LogP contribution in [0.2, 0.25) is 5.02 Å². The largest absolute Gasteiger partial charge is 0.467 e. The molecule has 0 radical (unpaired) electrons. The lowest BCUT2D eigenvalue weighted by Gasteiger charge is -2.32. The molecule has 3 aromatic rings. The zero-order valence-corrected chi connectivity index (χ0v) is 17.9. The number of carbonyl (C=O) groups excluding carboxylic acids is 2. The van der Waals surface area contributed by atoms with Gasteiger partial charge in [-0.3, -0.25) is 9.59 Å². The zero-order chi connectivity index (χ0) is 21.6. The van der Waals surface area contributed by atoms with Crippen LogP contribution in [-0.2, 0) is 11.3 Å². The molecule has 7 heteroatoms. The van der Waals surface area contributed by atoms with E-state index in [2.05, 4.69) is 5.32 Å². The molecule has 4 rings (SSSR count). The van der Waals surface area contributed by atoms with E-state index in [1.54, 1.807) is 54.8 Å². The summed E-state index contributed by atoms with van der Waals surface area (Å²) in [6, 6.07) is 13.0. The molecule has 0 unspecified atom stereocenters. The highest BCUT2D eigenvalue weighted by atomic mass is 35.5. The lowest BCUT2D eigenvalue weighted by Crippen LogP contribution is -2.46. The van der Waals surface area contributed by atoms with Gasteiger partial charge in [0.2, 0.25) is 5.91 Å². The van der Waals surface area contributed by atoms with E-state index in [0.29, 0.717) is 16.3 Å². The quantitative estimate of drug-likeness (QED) is 0.536. The lowest BCUT2D eigenvalue weighted by atomic mass is 9.94. The lowest BCUT2D eigenvalue weighted by molar-refractivity contribution is -0.127. The minimum absolute atomic E-state index is 0.111. The predicted octanol–water partition coefficient (Wildman–Crippen LogP) is 5.36. The molecule has 0 spiro atoms. The fraction of sp³-hybridized carbons (Fsp3) is 0.333. The molecule has 1 fully saturated rings. The standard InChI is InChI=1S/C24H25ClN2O4/c25-18-12-10-17(11-13-18)22(23(28)26-19-6-2-1-3-7-19)27(16-20-8-4-14-30-20)24(29)21-9-5-15-31-21/h4-5,8-15,19,22H,1-3,6-7,16H2,(H,26,28)/t22-/m0/s1. The van der Waals surface area contributed by atoms with Gasteiger partial charge >= 0.3 is 0 Å². The minimum Gasteiger partial charge on any atom is -0.467 e. The average Bonchev–Trinajstić information content (AvgIpc) is 3.49. The molecule has 2 heterocycles. The van der Waals surface area contributed by atoms with Crippen LogP contribution in [0.4, 0.5) is 0 Å². The summed E-state index contributed by atoms with van der Waals surface area (Å²) in [7, 11) is 0. The molecule has 1 aliphatic carbocycles. The summed E-state index contributed by atoms with van der Waals surface area (Å²) in [5.41, 5.74) is 0.671. The fourth-order valence-electron chi connectivity index (χ4n) is 4.04. The van der Waals surface area contributed by atoms with Crippen LogP contribution >= 0.6 is 11.6 Å². The monoisotopic (exact) mass is 440 g/mol. The first-order chi connectivity index (χ1) is 15.1. The summed E-state index contributed by atoms with van der Waals surface area (Å²) >= 11 is 6.08. The van der Waals surface area contributed by atoms with Crippen LogP contribution in [0.5, 0.6) is 0 Å². The Bertz CT molecular complexity index is 977. The van der Waals surface area contributed by atoms with Gasteiger partial charge in [0, 0.05) is 11.1 Å². The number of furan rings is 2. The SMILES string of the molecule is O=C(NC1CCCCC1)[C@H](c1ccc(Cl)cc1)N(Cc1ccco1)C(=O)c1ccco1. The molecular formula is C24H25ClN2O4. The molecule has 1 saturated carbocycles. The van der Waals surface area contributed by atoms with Crippen molar-refractivity contribution in [2.75, 3.05) is 0 Å². The van der Waals surface area contributed by atoms with E-state index in [9.17, 15) is 9.59 Å². The molecule has 162 valence electrons. The average molecular weight is 441 g/mol. The number of hydrogen-bond acceptors (Lipinski definition) is 4. The summed E-state index contributed by atoms with van der Waals surface area (Å²) in [5.74, 6) is 0.126. The second-order valence-electron chi connectivity index (χ2n) is 7.79. The van der Waals surface area contributed by atoms with Crippen LogP contribution in [0.1, 0.15) is 60.0 Å². The Morgan fingerprint density at radius 3 is 2.35 bits per heavy atom. The van der Waals surface area contributed by atoms with E-state index in [4.69, 9.17) is 20.4 Å². The van der Waals surface area contributed by atoms with Crippen molar-refractivity contribution in [3.63, 3.8) is 0 Å². The number of halogens is 1. The molecule has 0 saturated heterocycles. The van der Waals surface area contributed by atoms with Crippen LogP contribution in [0.3, 0.4) is 0 Å². The van der Waals surface area contributed by atoms with E-state index in [1.807, 2.05) is 0 Å². The fourth-order valence-corrected chi connectivity index (χ4v) is 4.16. The Balaban J connectivity index is 1.70. The van der Waals surface area contributed by atoms with Crippen molar-refractivity contribution in [1.82, 2.24) is 10.2 Å². The second kappa shape index (κ2) is 9.88. The molecule has 0 aliphatic heterocycles. The van der Waals surface area contributed by atoms with E-state index >= 15 is 0 Å². The predicted molar refractivity (Wildman–Crippen MR) is 116 cm³/mol. The number of rotatable bonds is 7. The number of nitrogens with zero attached hydrogens (tertiary/aromatic N) is 1. The van der Waals surface area contributed by atoms with Gasteiger partial charge in [-0.1, -0.05) is 43.0 Å². The van der Waals surface area contributed by atoms with Gasteiger partial charge in [0.15, 0.2) is 5.76 Å². The molecule has 6 nitrogen and oxygen atoms in total. The van der Waals surface area contributed by atoms with Gasteiger partial charge in [-0.2, -0.15) is 0 Å². The summed E-state index contributed by atoms with van der Waals surface area (Å²) in [6.07, 6.45) is 8.26. The third-order valence-electron chi connectivity index (χ3n) is 5.60. The Morgan fingerprint density at radius 1 is 1.00 bits per heavy atom. The third-order valence-corrected chi connectivity index (χ3v) is 5.85. The van der Waals surface area contributed by atoms with E-state index in [0.717, 1.165) is 25.7 Å². The molecule has 1 aliphatic rings. The highest BCUT2D eigenvalue weighted by Crippen LogP contribution is 2.28. The van der Waals surface area contributed by atoms with Crippen LogP contribution < -0.4 is 5.32 Å². The number of benzene rings is 1. The summed E-state index contributed by atoms with van der Waals surface area (Å²) in [5, 5.41) is 3.73. The molecule has 31 heavy (non-hydrogen) atoms. The maximum atomic E-state index is 13.5. The Kier molecular flexibility index (Phi) is 6.77. The van der Waals surface area contributed by atoms with Crippen LogP contribution in [0, 0.1) is 0 Å². The Hall–Kier alpha value is -2.99. The van der Waals surface area contributed by atoms with Crippen molar-refractivity contribution < 1.29 is 18.4 Å². The van der Waals surface area contributed by atoms with Gasteiger partial charge in [-0.25, -0.2) is 0 Å². The van der Waals surface area contributed by atoms with Crippen molar-refractivity contribution in [2.45, 2.75) is 50.7 Å². The maximum absolute atomic E-state index is 13.5. The Labute approximate surface area is 186 Å². The first-order valence-corrected chi connectivity index (χ1v) is 10.9. The summed E-state index contributed by atoms with van der Waals surface area (Å²) in [4.78, 5) is 28.4. The van der Waals surface area contributed by atoms with Crippen molar-refractivity contribution in [3.05, 3.63) is 83.2 Å². The van der Waals surface area contributed by atoms with Gasteiger partial charge in [0.1, 0.15) is 11.8 Å². The van der Waals surface area contributed by atoms with Crippen molar-refractivity contribution in [3.8, 4) is 0 Å². The highest BCUT2D eigenvalue weighted by Gasteiger charge is 2.35. The topological polar surface area (TPSA) is 75.7 Å². The zero-order valence-electron chi connectivity index (χ0n) is 17.1. The van der Waals surface area contributed by atoms with Crippen molar-refractivity contribution in [2.24, 2.45) is 0 Å². The second-order valence-corrected chi connectivity index (χ2v) is 8.22. The molecule has 2 aromatic heterocycles. The minimum atomic E-state index is -0.859. The Morgan fingerprint density at radius 2 is 1.71 bits per heavy atom. The maximum Gasteiger partial charge on any atom is 0.290 e. The first-order valence-electron chi connectivity index (χ1n) is 10.5. The van der Waals surface area contributed by atoms with Gasteiger partial charge in [0.05, 0.1) is 19.1 Å². The highest BCUT2D eigenvalue weighted by molar-refractivity contribution is 6.30. The van der Waals surface area contributed by atoms with Gasteiger partial charge in [-0.05, 0) is 54.8 Å². The number of amides is 2. The number of hydrogen-bond donors (Lipinski definition) is 1. The van der Waals surface area contributed by atoms with E-state index in [-0.39, 0.29) is 30.2 Å².